The number of para-hydroxylation sites is 2. The van der Waals surface area contributed by atoms with Gasteiger partial charge in [0.1, 0.15) is 0 Å². The van der Waals surface area contributed by atoms with Gasteiger partial charge in [0, 0.05) is 127 Å². The van der Waals surface area contributed by atoms with Gasteiger partial charge in [0.25, 0.3) is 0 Å². The van der Waals surface area contributed by atoms with Crippen molar-refractivity contribution in [3.63, 3.8) is 0 Å². The monoisotopic (exact) mass is 1810 g/mol. The fourth-order valence-corrected chi connectivity index (χ4v) is 23.8. The fourth-order valence-electron chi connectivity index (χ4n) is 20.1. The van der Waals surface area contributed by atoms with E-state index in [1.54, 1.807) is 0 Å². The van der Waals surface area contributed by atoms with E-state index in [2.05, 4.69) is 432 Å². The van der Waals surface area contributed by atoms with Crippen LogP contribution in [0.1, 0.15) is 0 Å². The van der Waals surface area contributed by atoms with Gasteiger partial charge in [-0.05, 0) is 164 Å². The summed E-state index contributed by atoms with van der Waals surface area (Å²) in [4.78, 5) is 30.2. The third-order valence-corrected chi connectivity index (χ3v) is 30.3. The van der Waals surface area contributed by atoms with Crippen LogP contribution in [0.5, 0.6) is 0 Å². The molecule has 0 saturated carbocycles. The number of aromatic nitrogens is 9. The van der Waals surface area contributed by atoms with Crippen molar-refractivity contribution < 1.29 is 0 Å². The molecular weight excluding hydrogens is 1740 g/mol. The molecule has 0 amide bonds. The summed E-state index contributed by atoms with van der Waals surface area (Å²) in [5.41, 5.74) is 28.9. The standard InChI is InChI=1S/C46H29N3S.2C40H25N3S/c1-3-12-30(13-4-1)31-22-24-33(25-23-31)41-29-40(32-14-5-2-6-15-32)47-46(48-41)49-42-20-9-7-16-36(42)39-28-34(26-27-43(39)49)35-18-11-19-38-37-17-8-10-21-44(37)50-45(35)38;1-3-10-26(11-4-1)28-18-20-36-33(24-28)34-25-29(30-15-9-16-32-31-14-7-8-17-38(31)44-39(30)32)19-21-37(34)43(36)40-41-23-22-35(42-40)27-12-5-2-6-13-27;1-2-9-26(10-3-1)27-17-19-28(20-18-27)35-23-24-41-40(42-35)43-36-15-6-4-11-31(36)34-25-29(21-22-37(34)43)30-13-8-14-33-32-12-5-7-16-38(32)44-39(30)33/h1-29H;2*1-25H. The lowest BCUT2D eigenvalue weighted by atomic mass is 9.99. The summed E-state index contributed by atoms with van der Waals surface area (Å²) in [6.07, 6.45) is 3.72. The molecule has 0 aliphatic rings. The molecule has 0 unspecified atom stereocenters. The SMILES string of the molecule is c1ccc(-c2ccc(-c3cc(-c4ccccc4)nc(-n4c5ccccc5c5cc(-c6cccc7c6sc6ccccc67)ccc54)n3)cc2)cc1.c1ccc(-c2ccc(-c3ccnc(-n4c5ccccc5c5cc(-c6cccc7c6sc6ccccc67)ccc54)n3)cc2)cc1.c1ccc(-c2ccc3c(c2)c2cc(-c4cccc5c4sc4ccccc45)ccc2n3-c2nccc(-c3ccccc3)n2)cc1. The Balaban J connectivity index is 0.000000107. The predicted octanol–water partition coefficient (Wildman–Crippen LogP) is 34.5. The fraction of sp³-hybridized carbons (Fsp3) is 0. The highest BCUT2D eigenvalue weighted by Crippen LogP contribution is 2.48. The number of hydrogen-bond donors (Lipinski definition) is 0. The van der Waals surface area contributed by atoms with Crippen LogP contribution >= 0.6 is 34.0 Å². The first-order valence-corrected chi connectivity index (χ1v) is 48.8. The van der Waals surface area contributed by atoms with Gasteiger partial charge in [-0.1, -0.05) is 370 Å². The molecule has 138 heavy (non-hydrogen) atoms. The minimum absolute atomic E-state index is 0.652. The molecule has 0 saturated heterocycles. The largest absolute Gasteiger partial charge is 0.278 e. The van der Waals surface area contributed by atoms with Crippen LogP contribution in [0.4, 0.5) is 0 Å². The average molecular weight is 1820 g/mol. The van der Waals surface area contributed by atoms with Crippen molar-refractivity contribution in [2.24, 2.45) is 0 Å². The molecule has 0 aliphatic carbocycles. The Bertz CT molecular complexity index is 9580. The average Bonchev–Trinajstić information content (AvgIpc) is 1.58. The molecule has 0 aliphatic heterocycles. The Hall–Kier alpha value is -17.5. The second kappa shape index (κ2) is 34.5. The lowest BCUT2D eigenvalue weighted by molar-refractivity contribution is 0.992. The maximum Gasteiger partial charge on any atom is 0.235 e. The molecule has 28 rings (SSSR count). The molecule has 12 heteroatoms. The normalized spacial score (nSPS) is 11.6. The minimum atomic E-state index is 0.652. The quantitative estimate of drug-likeness (QED) is 0.114. The molecule has 9 heterocycles. The van der Waals surface area contributed by atoms with E-state index >= 15 is 0 Å². The zero-order chi connectivity index (χ0) is 91.1. The van der Waals surface area contributed by atoms with Crippen molar-refractivity contribution in [1.29, 1.82) is 0 Å². The van der Waals surface area contributed by atoms with E-state index in [0.29, 0.717) is 17.8 Å². The topological polar surface area (TPSA) is 92.1 Å². The highest BCUT2D eigenvalue weighted by Gasteiger charge is 2.25. The zero-order valence-corrected chi connectivity index (χ0v) is 76.8. The zero-order valence-electron chi connectivity index (χ0n) is 74.4. The van der Waals surface area contributed by atoms with Crippen LogP contribution in [0, 0.1) is 0 Å². The number of hydrogen-bond acceptors (Lipinski definition) is 9. The van der Waals surface area contributed by atoms with E-state index < -0.39 is 0 Å². The lowest BCUT2D eigenvalue weighted by Gasteiger charge is -2.12. The number of nitrogens with zero attached hydrogens (tertiary/aromatic N) is 9. The summed E-state index contributed by atoms with van der Waals surface area (Å²) in [5, 5.41) is 15.0. The number of fused-ring (bicyclic) bond motifs is 18. The van der Waals surface area contributed by atoms with E-state index in [0.717, 1.165) is 78.1 Å². The molecule has 0 atom stereocenters. The summed E-state index contributed by atoms with van der Waals surface area (Å²) >= 11 is 5.60. The Morgan fingerprint density at radius 1 is 0.152 bits per heavy atom. The van der Waals surface area contributed by atoms with Gasteiger partial charge in [-0.3, -0.25) is 13.7 Å². The molecule has 0 spiro atoms. The van der Waals surface area contributed by atoms with Gasteiger partial charge in [-0.25, -0.2) is 29.9 Å². The smallest absolute Gasteiger partial charge is 0.235 e. The molecule has 9 nitrogen and oxygen atoms in total. The molecule has 19 aromatic carbocycles. The predicted molar refractivity (Wildman–Crippen MR) is 582 cm³/mol. The van der Waals surface area contributed by atoms with Crippen molar-refractivity contribution in [1.82, 2.24) is 43.6 Å². The van der Waals surface area contributed by atoms with Crippen molar-refractivity contribution in [3.8, 4) is 130 Å². The third-order valence-electron chi connectivity index (χ3n) is 26.7. The van der Waals surface area contributed by atoms with Crippen molar-refractivity contribution in [2.75, 3.05) is 0 Å². The van der Waals surface area contributed by atoms with Gasteiger partial charge < -0.3 is 0 Å². The third kappa shape index (κ3) is 14.5. The molecule has 646 valence electrons. The maximum atomic E-state index is 5.27. The Kier molecular flexibility index (Phi) is 20.3. The summed E-state index contributed by atoms with van der Waals surface area (Å²) in [7, 11) is 0. The molecule has 0 fully saturated rings. The second-order valence-electron chi connectivity index (χ2n) is 34.7. The van der Waals surface area contributed by atoms with E-state index in [-0.39, 0.29) is 0 Å². The Morgan fingerprint density at radius 2 is 0.399 bits per heavy atom. The van der Waals surface area contributed by atoms with E-state index in [4.69, 9.17) is 29.9 Å². The molecule has 28 aromatic rings. The van der Waals surface area contributed by atoms with Crippen LogP contribution < -0.4 is 0 Å². The molecular formula is C126H79N9S3. The van der Waals surface area contributed by atoms with Gasteiger partial charge in [-0.15, -0.1) is 34.0 Å². The Morgan fingerprint density at radius 3 is 0.783 bits per heavy atom. The van der Waals surface area contributed by atoms with Crippen LogP contribution in [-0.4, -0.2) is 43.6 Å². The molecule has 0 radical (unpaired) electrons. The van der Waals surface area contributed by atoms with Crippen LogP contribution in [-0.2, 0) is 0 Å². The summed E-state index contributed by atoms with van der Waals surface area (Å²) in [6.45, 7) is 0. The molecule has 0 bridgehead atoms. The molecule has 0 N–H and O–H groups in total. The number of thiophene rings is 3. The van der Waals surface area contributed by atoms with Crippen molar-refractivity contribution in [2.45, 2.75) is 0 Å². The van der Waals surface area contributed by atoms with Gasteiger partial charge in [0.15, 0.2) is 0 Å². The lowest BCUT2D eigenvalue weighted by Crippen LogP contribution is -2.04. The molecule has 9 aromatic heterocycles. The van der Waals surface area contributed by atoms with E-state index in [1.165, 1.54) is 160 Å². The van der Waals surface area contributed by atoms with Gasteiger partial charge >= 0.3 is 0 Å². The van der Waals surface area contributed by atoms with E-state index in [1.807, 2.05) is 94.9 Å². The van der Waals surface area contributed by atoms with Gasteiger partial charge in [0.2, 0.25) is 17.8 Å². The van der Waals surface area contributed by atoms with Crippen LogP contribution in [0.3, 0.4) is 0 Å². The van der Waals surface area contributed by atoms with Gasteiger partial charge in [0.05, 0.1) is 55.9 Å². The van der Waals surface area contributed by atoms with Crippen LogP contribution in [0.15, 0.2) is 480 Å². The maximum absolute atomic E-state index is 5.27. The highest BCUT2D eigenvalue weighted by molar-refractivity contribution is 7.27. The summed E-state index contributed by atoms with van der Waals surface area (Å²) in [5.74, 6) is 1.98. The van der Waals surface area contributed by atoms with Crippen molar-refractivity contribution in [3.05, 3.63) is 480 Å². The van der Waals surface area contributed by atoms with Gasteiger partial charge in [-0.2, -0.15) is 0 Å². The first-order chi connectivity index (χ1) is 68.4. The number of benzene rings is 19. The first kappa shape index (κ1) is 81.3. The second-order valence-corrected chi connectivity index (χ2v) is 37.9. The number of rotatable bonds is 13. The Labute approximate surface area is 806 Å². The van der Waals surface area contributed by atoms with Crippen molar-refractivity contribution >= 4 is 160 Å². The minimum Gasteiger partial charge on any atom is -0.278 e. The first-order valence-electron chi connectivity index (χ1n) is 46.3. The highest BCUT2D eigenvalue weighted by atomic mass is 32.1. The van der Waals surface area contributed by atoms with Crippen LogP contribution in [0.25, 0.3) is 256 Å². The summed E-state index contributed by atoms with van der Waals surface area (Å²) < 4.78 is 14.5. The van der Waals surface area contributed by atoms with E-state index in [9.17, 15) is 0 Å². The van der Waals surface area contributed by atoms with Crippen LogP contribution in [0.2, 0.25) is 0 Å². The summed E-state index contributed by atoms with van der Waals surface area (Å²) in [6, 6.07) is 166.